The molecule has 1 rings (SSSR count). The lowest BCUT2D eigenvalue weighted by molar-refractivity contribution is 0.220. The smallest absolute Gasteiger partial charge is 0.109 e. The van der Waals surface area contributed by atoms with Crippen LogP contribution in [-0.4, -0.2) is 18.6 Å². The van der Waals surface area contributed by atoms with Crippen molar-refractivity contribution in [3.63, 3.8) is 0 Å². The van der Waals surface area contributed by atoms with E-state index in [1.165, 1.54) is 38.5 Å². The molecule has 1 saturated carbocycles. The molecule has 2 heteroatoms. The van der Waals surface area contributed by atoms with Crippen LogP contribution in [0.1, 0.15) is 73.1 Å². The van der Waals surface area contributed by atoms with E-state index in [1.54, 1.807) is 12.6 Å². The Balaban J connectivity index is 2.70. The molecule has 110 valence electrons. The summed E-state index contributed by atoms with van der Waals surface area (Å²) in [6.07, 6.45) is 11.5. The SMILES string of the molecule is C/C=N\C=N/C1CCCC(C)(C)CCC[C@H](C)C1C. The number of hydrogen-bond donors (Lipinski definition) is 0. The highest BCUT2D eigenvalue weighted by Gasteiger charge is 2.26. The van der Waals surface area contributed by atoms with Crippen LogP contribution in [0, 0.1) is 17.3 Å². The highest BCUT2D eigenvalue weighted by atomic mass is 14.9. The van der Waals surface area contributed by atoms with Crippen LogP contribution in [0.4, 0.5) is 0 Å². The highest BCUT2D eigenvalue weighted by molar-refractivity contribution is 5.70. The van der Waals surface area contributed by atoms with E-state index in [-0.39, 0.29) is 0 Å². The molecule has 0 aromatic heterocycles. The molecule has 19 heavy (non-hydrogen) atoms. The Morgan fingerprint density at radius 2 is 1.68 bits per heavy atom. The van der Waals surface area contributed by atoms with Crippen molar-refractivity contribution in [1.29, 1.82) is 0 Å². The first kappa shape index (κ1) is 16.4. The maximum absolute atomic E-state index is 4.70. The minimum Gasteiger partial charge on any atom is -0.270 e. The Hall–Kier alpha value is -0.660. The largest absolute Gasteiger partial charge is 0.270 e. The first-order valence-electron chi connectivity index (χ1n) is 7.96. The number of hydrogen-bond acceptors (Lipinski definition) is 1. The summed E-state index contributed by atoms with van der Waals surface area (Å²) in [4.78, 5) is 8.84. The molecule has 1 aliphatic carbocycles. The summed E-state index contributed by atoms with van der Waals surface area (Å²) in [5, 5.41) is 0. The Morgan fingerprint density at radius 3 is 2.32 bits per heavy atom. The molecule has 0 bridgehead atoms. The summed E-state index contributed by atoms with van der Waals surface area (Å²) in [5.41, 5.74) is 0.510. The Labute approximate surface area is 119 Å². The van der Waals surface area contributed by atoms with Crippen LogP contribution in [0.25, 0.3) is 0 Å². The van der Waals surface area contributed by atoms with Crippen molar-refractivity contribution in [1.82, 2.24) is 0 Å². The fourth-order valence-corrected chi connectivity index (χ4v) is 3.12. The maximum Gasteiger partial charge on any atom is 0.109 e. The van der Waals surface area contributed by atoms with E-state index in [0.29, 0.717) is 17.4 Å². The summed E-state index contributed by atoms with van der Waals surface area (Å²) < 4.78 is 0. The number of aliphatic imine (C=N–C) groups is 2. The molecule has 2 unspecified atom stereocenters. The van der Waals surface area contributed by atoms with Crippen LogP contribution in [0.5, 0.6) is 0 Å². The van der Waals surface area contributed by atoms with Gasteiger partial charge in [0.2, 0.25) is 0 Å². The fraction of sp³-hybridized carbons (Fsp3) is 0.882. The third-order valence-corrected chi connectivity index (χ3v) is 4.84. The van der Waals surface area contributed by atoms with Gasteiger partial charge in [-0.1, -0.05) is 47.0 Å². The van der Waals surface area contributed by atoms with E-state index < -0.39 is 0 Å². The van der Waals surface area contributed by atoms with Crippen LogP contribution in [0.2, 0.25) is 0 Å². The second kappa shape index (κ2) is 7.81. The fourth-order valence-electron chi connectivity index (χ4n) is 3.12. The summed E-state index contributed by atoms with van der Waals surface area (Å²) >= 11 is 0. The zero-order chi connectivity index (χ0) is 14.3. The minimum absolute atomic E-state index is 0.451. The van der Waals surface area contributed by atoms with Gasteiger partial charge in [-0.05, 0) is 43.4 Å². The van der Waals surface area contributed by atoms with E-state index in [0.717, 1.165) is 5.92 Å². The van der Waals surface area contributed by atoms with Crippen LogP contribution in [0.15, 0.2) is 9.98 Å². The van der Waals surface area contributed by atoms with Crippen molar-refractivity contribution in [2.45, 2.75) is 79.2 Å². The summed E-state index contributed by atoms with van der Waals surface area (Å²) in [5.74, 6) is 1.44. The molecule has 0 N–H and O–H groups in total. The Bertz CT molecular complexity index is 304. The van der Waals surface area contributed by atoms with Crippen molar-refractivity contribution in [2.24, 2.45) is 27.2 Å². The molecule has 0 heterocycles. The van der Waals surface area contributed by atoms with Crippen molar-refractivity contribution in [2.75, 3.05) is 0 Å². The predicted molar refractivity (Wildman–Crippen MR) is 86.3 cm³/mol. The second-order valence-electron chi connectivity index (χ2n) is 7.02. The summed E-state index contributed by atoms with van der Waals surface area (Å²) in [6.45, 7) is 11.5. The third kappa shape index (κ3) is 5.88. The molecular weight excluding hydrogens is 232 g/mol. The van der Waals surface area contributed by atoms with Gasteiger partial charge in [-0.25, -0.2) is 4.99 Å². The molecule has 0 saturated heterocycles. The summed E-state index contributed by atoms with van der Waals surface area (Å²) in [7, 11) is 0. The van der Waals surface area contributed by atoms with Crippen molar-refractivity contribution >= 4 is 12.6 Å². The van der Waals surface area contributed by atoms with E-state index in [2.05, 4.69) is 32.7 Å². The number of rotatable bonds is 2. The van der Waals surface area contributed by atoms with Crippen LogP contribution in [0.3, 0.4) is 0 Å². The van der Waals surface area contributed by atoms with Gasteiger partial charge in [-0.15, -0.1) is 0 Å². The quantitative estimate of drug-likeness (QED) is 0.488. The van der Waals surface area contributed by atoms with Crippen LogP contribution in [-0.2, 0) is 0 Å². The second-order valence-corrected chi connectivity index (χ2v) is 7.02. The predicted octanol–water partition coefficient (Wildman–Crippen LogP) is 5.13. The Kier molecular flexibility index (Phi) is 6.74. The molecule has 3 atom stereocenters. The topological polar surface area (TPSA) is 24.7 Å². The standard InChI is InChI=1S/C17H32N2/c1-6-18-13-19-16-10-8-12-17(4,5)11-7-9-14(2)15(16)3/h6,13-16H,7-12H2,1-5H3/b18-6-,19-13-/t14-,15?,16?/m0/s1. The maximum atomic E-state index is 4.70. The molecule has 0 radical (unpaired) electrons. The lowest BCUT2D eigenvalue weighted by atomic mass is 9.76. The number of nitrogens with zero attached hydrogens (tertiary/aromatic N) is 2. The van der Waals surface area contributed by atoms with E-state index >= 15 is 0 Å². The van der Waals surface area contributed by atoms with Crippen molar-refractivity contribution in [3.8, 4) is 0 Å². The molecule has 1 aliphatic rings. The van der Waals surface area contributed by atoms with Gasteiger partial charge in [-0.2, -0.15) is 0 Å². The van der Waals surface area contributed by atoms with Crippen molar-refractivity contribution in [3.05, 3.63) is 0 Å². The molecule has 0 aromatic carbocycles. The Morgan fingerprint density at radius 1 is 1.05 bits per heavy atom. The molecule has 2 nitrogen and oxygen atoms in total. The van der Waals surface area contributed by atoms with Crippen LogP contribution < -0.4 is 0 Å². The van der Waals surface area contributed by atoms with E-state index in [9.17, 15) is 0 Å². The first-order valence-corrected chi connectivity index (χ1v) is 7.96. The van der Waals surface area contributed by atoms with Crippen molar-refractivity contribution < 1.29 is 0 Å². The zero-order valence-electron chi connectivity index (χ0n) is 13.5. The monoisotopic (exact) mass is 264 g/mol. The lowest BCUT2D eigenvalue weighted by Crippen LogP contribution is -2.25. The van der Waals surface area contributed by atoms with Gasteiger partial charge < -0.3 is 0 Å². The lowest BCUT2D eigenvalue weighted by Gasteiger charge is -2.32. The van der Waals surface area contributed by atoms with E-state index in [1.807, 2.05) is 6.92 Å². The first-order chi connectivity index (χ1) is 8.96. The molecule has 0 aromatic rings. The molecule has 0 amide bonds. The van der Waals surface area contributed by atoms with Gasteiger partial charge in [0, 0.05) is 6.21 Å². The minimum atomic E-state index is 0.451. The van der Waals surface area contributed by atoms with Gasteiger partial charge >= 0.3 is 0 Å². The average molecular weight is 264 g/mol. The zero-order valence-corrected chi connectivity index (χ0v) is 13.5. The third-order valence-electron chi connectivity index (χ3n) is 4.84. The molecule has 0 aliphatic heterocycles. The summed E-state index contributed by atoms with van der Waals surface area (Å²) in [6, 6.07) is 0.451. The molecule has 1 fully saturated rings. The van der Waals surface area contributed by atoms with E-state index in [4.69, 9.17) is 4.99 Å². The highest BCUT2D eigenvalue weighted by Crippen LogP contribution is 2.35. The normalized spacial score (nSPS) is 33.8. The average Bonchev–Trinajstić information content (AvgIpc) is 2.35. The van der Waals surface area contributed by atoms with Gasteiger partial charge in [0.25, 0.3) is 0 Å². The van der Waals surface area contributed by atoms with Gasteiger partial charge in [0.15, 0.2) is 0 Å². The molecule has 0 spiro atoms. The van der Waals surface area contributed by atoms with Gasteiger partial charge in [0.1, 0.15) is 6.34 Å². The van der Waals surface area contributed by atoms with Gasteiger partial charge in [-0.3, -0.25) is 4.99 Å². The molecular formula is C17H32N2. The van der Waals surface area contributed by atoms with Crippen LogP contribution >= 0.6 is 0 Å². The van der Waals surface area contributed by atoms with Gasteiger partial charge in [0.05, 0.1) is 6.04 Å².